The predicted octanol–water partition coefficient (Wildman–Crippen LogP) is 0.276. The van der Waals surface area contributed by atoms with Crippen LogP contribution in [0.1, 0.15) is 52.7 Å². The van der Waals surface area contributed by atoms with Gasteiger partial charge in [0.15, 0.2) is 17.4 Å². The fraction of sp³-hybridized carbons (Fsp3) is 0.739. The van der Waals surface area contributed by atoms with Crippen LogP contribution >= 0.6 is 15.6 Å². The standard InChI is InChI=1S/C23H41N7O12P2/c1-4-6-14(7-5-2)10-38-22(34)13(3)29-43(35,39-9-8-24)42-44(36,37)40-11-15-17(31)18(32)21(41-15)30-12-26-16-19(30)27-23(25)28-20(16)33/h12-15,17-18,21,31-32H,4-11,24H2,1-3H3,(H,29,35)(H,36,37)(H3,25,27,28,33)/t13?,15-,17-,18-,21-,43?/m1/s1. The van der Waals surface area contributed by atoms with Gasteiger partial charge in [0.25, 0.3) is 5.56 Å². The van der Waals surface area contributed by atoms with E-state index in [1.807, 2.05) is 13.8 Å². The second kappa shape index (κ2) is 15.8. The average Bonchev–Trinajstić information content (AvgIpc) is 3.49. The third-order valence-electron chi connectivity index (χ3n) is 6.61. The number of aromatic amines is 1. The Labute approximate surface area is 252 Å². The van der Waals surface area contributed by atoms with Crippen molar-refractivity contribution in [2.24, 2.45) is 11.7 Å². The number of hydrogen-bond donors (Lipinski definition) is 7. The molecule has 0 aromatic carbocycles. The molecule has 2 aromatic heterocycles. The van der Waals surface area contributed by atoms with Gasteiger partial charge in [0.2, 0.25) is 5.95 Å². The molecule has 0 spiro atoms. The minimum absolute atomic E-state index is 0.0526. The third kappa shape index (κ3) is 9.37. The second-order valence-corrected chi connectivity index (χ2v) is 13.6. The molecular formula is C23H41N7O12P2. The normalized spacial score (nSPS) is 23.9. The van der Waals surface area contributed by atoms with Gasteiger partial charge in [0.05, 0.1) is 26.1 Å². The Morgan fingerprint density at radius 3 is 2.55 bits per heavy atom. The van der Waals surface area contributed by atoms with E-state index >= 15 is 0 Å². The summed E-state index contributed by atoms with van der Waals surface area (Å²) < 4.78 is 53.1. The number of fused-ring (bicyclic) bond motifs is 1. The maximum Gasteiger partial charge on any atom is 0.480 e. The maximum absolute atomic E-state index is 13.3. The molecule has 0 aliphatic carbocycles. The molecule has 0 radical (unpaired) electrons. The molecule has 1 aliphatic heterocycles. The first kappa shape index (κ1) is 36.2. The predicted molar refractivity (Wildman–Crippen MR) is 155 cm³/mol. The summed E-state index contributed by atoms with van der Waals surface area (Å²) in [5.74, 6) is -0.867. The highest BCUT2D eigenvalue weighted by Crippen LogP contribution is 2.61. The summed E-state index contributed by atoms with van der Waals surface area (Å²) in [6.45, 7) is 4.14. The molecule has 3 heterocycles. The number of aromatic nitrogens is 4. The summed E-state index contributed by atoms with van der Waals surface area (Å²) in [5.41, 5.74) is 10.2. The summed E-state index contributed by atoms with van der Waals surface area (Å²) in [7, 11) is -9.93. The van der Waals surface area contributed by atoms with Gasteiger partial charge in [-0.1, -0.05) is 26.7 Å². The highest BCUT2D eigenvalue weighted by atomic mass is 31.3. The molecule has 3 rings (SSSR count). The second-order valence-electron chi connectivity index (χ2n) is 10.2. The van der Waals surface area contributed by atoms with E-state index in [1.165, 1.54) is 6.92 Å². The molecule has 44 heavy (non-hydrogen) atoms. The highest BCUT2D eigenvalue weighted by Gasteiger charge is 2.46. The number of rotatable bonds is 18. The van der Waals surface area contributed by atoms with Crippen LogP contribution in [0, 0.1) is 5.92 Å². The van der Waals surface area contributed by atoms with Crippen molar-refractivity contribution in [1.29, 1.82) is 0 Å². The fourth-order valence-electron chi connectivity index (χ4n) is 4.55. The molecule has 9 N–H and O–H groups in total. The van der Waals surface area contributed by atoms with Crippen molar-refractivity contribution in [3.63, 3.8) is 0 Å². The van der Waals surface area contributed by atoms with Crippen molar-refractivity contribution in [2.75, 3.05) is 32.1 Å². The van der Waals surface area contributed by atoms with E-state index in [0.29, 0.717) is 0 Å². The van der Waals surface area contributed by atoms with Crippen molar-refractivity contribution in [2.45, 2.75) is 77.0 Å². The molecular weight excluding hydrogens is 628 g/mol. The SMILES string of the molecule is CCCC(CCC)COC(=O)C(C)NP(=O)(OCCN)OP(=O)(O)OC[C@H]1O[C@@H](n2cnc3c(=O)[nH]c(N)nc32)[C@H](O)[C@@H]1O. The number of phosphoric ester groups is 1. The minimum atomic E-state index is -5.23. The van der Waals surface area contributed by atoms with Gasteiger partial charge in [-0.25, -0.2) is 19.2 Å². The molecule has 0 saturated carbocycles. The van der Waals surface area contributed by atoms with Crippen LogP contribution in [-0.2, 0) is 36.8 Å². The lowest BCUT2D eigenvalue weighted by molar-refractivity contribution is -0.146. The van der Waals surface area contributed by atoms with Gasteiger partial charge < -0.3 is 36.0 Å². The van der Waals surface area contributed by atoms with E-state index in [9.17, 15) is 33.8 Å². The monoisotopic (exact) mass is 669 g/mol. The van der Waals surface area contributed by atoms with Crippen molar-refractivity contribution in [3.8, 4) is 0 Å². The zero-order valence-corrected chi connectivity index (χ0v) is 26.4. The molecule has 0 bridgehead atoms. The number of nitrogens with two attached hydrogens (primary N) is 2. The smallest absolute Gasteiger partial charge is 0.464 e. The zero-order valence-electron chi connectivity index (χ0n) is 24.6. The number of aliphatic hydroxyl groups is 2. The molecule has 0 amide bonds. The lowest BCUT2D eigenvalue weighted by Crippen LogP contribution is -2.35. The summed E-state index contributed by atoms with van der Waals surface area (Å²) in [6.07, 6.45) is -1.37. The third-order valence-corrected chi connectivity index (χ3v) is 10.0. The van der Waals surface area contributed by atoms with E-state index < -0.39 is 64.3 Å². The molecule has 3 unspecified atom stereocenters. The molecule has 21 heteroatoms. The lowest BCUT2D eigenvalue weighted by Gasteiger charge is -2.25. The van der Waals surface area contributed by atoms with E-state index in [1.54, 1.807) is 0 Å². The molecule has 1 fully saturated rings. The van der Waals surface area contributed by atoms with E-state index in [2.05, 4.69) is 20.0 Å². The number of nitrogens with one attached hydrogen (secondary N) is 2. The number of aliphatic hydroxyl groups excluding tert-OH is 2. The van der Waals surface area contributed by atoms with Crippen molar-refractivity contribution in [3.05, 3.63) is 16.7 Å². The number of carbonyl (C=O) groups excluding carboxylic acids is 1. The van der Waals surface area contributed by atoms with Crippen LogP contribution in [0.4, 0.5) is 5.95 Å². The van der Waals surface area contributed by atoms with Crippen LogP contribution in [0.3, 0.4) is 0 Å². The number of nitrogen functional groups attached to an aromatic ring is 1. The topological polar surface area (TPSA) is 286 Å². The summed E-state index contributed by atoms with van der Waals surface area (Å²) in [6, 6.07) is -1.28. The summed E-state index contributed by atoms with van der Waals surface area (Å²) in [5, 5.41) is 23.4. The number of anilines is 1. The Kier molecular flexibility index (Phi) is 13.0. The van der Waals surface area contributed by atoms with Crippen LogP contribution in [0.15, 0.2) is 11.1 Å². The Balaban J connectivity index is 1.64. The van der Waals surface area contributed by atoms with Gasteiger partial charge in [0.1, 0.15) is 24.4 Å². The first-order valence-corrected chi connectivity index (χ1v) is 17.1. The summed E-state index contributed by atoms with van der Waals surface area (Å²) in [4.78, 5) is 45.2. The van der Waals surface area contributed by atoms with Crippen molar-refractivity contribution in [1.82, 2.24) is 24.6 Å². The minimum Gasteiger partial charge on any atom is -0.464 e. The Morgan fingerprint density at radius 1 is 1.23 bits per heavy atom. The number of imidazole rings is 1. The summed E-state index contributed by atoms with van der Waals surface area (Å²) >= 11 is 0. The Morgan fingerprint density at radius 2 is 1.91 bits per heavy atom. The Bertz CT molecular complexity index is 1400. The average molecular weight is 670 g/mol. The number of carbonyl (C=O) groups is 1. The molecule has 250 valence electrons. The van der Waals surface area contributed by atoms with Crippen LogP contribution in [0.25, 0.3) is 11.2 Å². The number of phosphoric acid groups is 1. The first-order valence-electron chi connectivity index (χ1n) is 14.1. The van der Waals surface area contributed by atoms with Crippen molar-refractivity contribution >= 4 is 38.7 Å². The quantitative estimate of drug-likeness (QED) is 0.0828. The van der Waals surface area contributed by atoms with Crippen LogP contribution in [-0.4, -0.2) is 91.3 Å². The molecule has 2 aromatic rings. The number of esters is 1. The molecule has 1 aliphatic rings. The molecule has 1 saturated heterocycles. The van der Waals surface area contributed by atoms with Crippen LogP contribution < -0.4 is 22.1 Å². The largest absolute Gasteiger partial charge is 0.480 e. The number of H-pyrrole nitrogens is 1. The van der Waals surface area contributed by atoms with Crippen molar-refractivity contribution < 1.29 is 51.9 Å². The Hall–Kier alpha value is -2.28. The van der Waals surface area contributed by atoms with Gasteiger partial charge in [-0.15, -0.1) is 0 Å². The van der Waals surface area contributed by atoms with E-state index in [0.717, 1.165) is 36.6 Å². The van der Waals surface area contributed by atoms with E-state index in [4.69, 9.17) is 34.3 Å². The van der Waals surface area contributed by atoms with Gasteiger partial charge in [-0.3, -0.25) is 28.2 Å². The number of hydrogen-bond acceptors (Lipinski definition) is 15. The van der Waals surface area contributed by atoms with Gasteiger partial charge in [-0.2, -0.15) is 9.29 Å². The fourth-order valence-corrected chi connectivity index (χ4v) is 7.54. The lowest BCUT2D eigenvalue weighted by atomic mass is 9.99. The molecule has 7 atom stereocenters. The van der Waals surface area contributed by atoms with Crippen LogP contribution in [0.5, 0.6) is 0 Å². The van der Waals surface area contributed by atoms with Crippen LogP contribution in [0.2, 0.25) is 0 Å². The maximum atomic E-state index is 13.3. The van der Waals surface area contributed by atoms with Gasteiger partial charge in [-0.05, 0) is 25.7 Å². The number of ether oxygens (including phenoxy) is 2. The zero-order chi connectivity index (χ0) is 32.7. The highest BCUT2D eigenvalue weighted by molar-refractivity contribution is 7.63. The molecule has 19 nitrogen and oxygen atoms in total. The van der Waals surface area contributed by atoms with Gasteiger partial charge in [0, 0.05) is 6.54 Å². The van der Waals surface area contributed by atoms with E-state index in [-0.39, 0.29) is 42.8 Å². The van der Waals surface area contributed by atoms with Gasteiger partial charge >= 0.3 is 21.5 Å². The number of nitrogens with zero attached hydrogens (tertiary/aromatic N) is 3. The first-order chi connectivity index (χ1) is 20.7.